The molecule has 6 rings (SSSR count). The second-order valence-electron chi connectivity index (χ2n) is 13.7. The summed E-state index contributed by atoms with van der Waals surface area (Å²) in [6.45, 7) is -0.571. The second kappa shape index (κ2) is 18.0. The molecule has 0 saturated carbocycles. The van der Waals surface area contributed by atoms with Gasteiger partial charge in [0.1, 0.15) is 30.5 Å². The minimum absolute atomic E-state index is 0.0585. The maximum absolute atomic E-state index is 11.3. The molecule has 11 atom stereocenters. The van der Waals surface area contributed by atoms with Crippen LogP contribution in [0.1, 0.15) is 35.0 Å². The summed E-state index contributed by atoms with van der Waals surface area (Å²) in [7, 11) is 8.46. The molecule has 3 fully saturated rings. The van der Waals surface area contributed by atoms with E-state index in [2.05, 4.69) is 0 Å². The molecule has 0 radical (unpaired) electrons. The largest absolute Gasteiger partial charge is 0.502 e. The topological polar surface area (TPSA) is 243 Å². The third-order valence-electron chi connectivity index (χ3n) is 10.6. The lowest BCUT2D eigenvalue weighted by atomic mass is 9.84. The summed E-state index contributed by atoms with van der Waals surface area (Å²) in [6, 6.07) is 9.71. The summed E-state index contributed by atoms with van der Waals surface area (Å²) >= 11 is 0. The first-order valence-electron chi connectivity index (χ1n) is 18.1. The van der Waals surface area contributed by atoms with Gasteiger partial charge in [-0.3, -0.25) is 0 Å². The van der Waals surface area contributed by atoms with Gasteiger partial charge in [-0.1, -0.05) is 0 Å². The predicted molar refractivity (Wildman–Crippen MR) is 196 cm³/mol. The van der Waals surface area contributed by atoms with E-state index in [0.29, 0.717) is 24.3 Å². The molecule has 18 nitrogen and oxygen atoms in total. The average molecular weight is 807 g/mol. The molecule has 57 heavy (non-hydrogen) atoms. The van der Waals surface area contributed by atoms with Crippen LogP contribution < -0.4 is 37.9 Å². The third-order valence-corrected chi connectivity index (χ3v) is 10.6. The Kier molecular flexibility index (Phi) is 13.3. The number of phenolic OH excluding ortho intramolecular Hbond substituents is 1. The number of aromatic hydroxyl groups is 1. The molecule has 3 saturated heterocycles. The molecule has 0 aromatic heterocycles. The van der Waals surface area contributed by atoms with Crippen molar-refractivity contribution in [3.05, 3.63) is 53.1 Å². The molecular weight excluding hydrogens is 756 g/mol. The van der Waals surface area contributed by atoms with Gasteiger partial charge < -0.3 is 87.9 Å². The molecular formula is C39H50O18. The number of fused-ring (bicyclic) bond motifs is 1. The van der Waals surface area contributed by atoms with Gasteiger partial charge in [-0.15, -0.1) is 0 Å². The maximum Gasteiger partial charge on any atom is 0.229 e. The highest BCUT2D eigenvalue weighted by molar-refractivity contribution is 5.57. The summed E-state index contributed by atoms with van der Waals surface area (Å²) in [6.07, 6.45) is -11.0. The number of rotatable bonds is 16. The monoisotopic (exact) mass is 806 g/mol. The number of methoxy groups -OCH3 is 6. The summed E-state index contributed by atoms with van der Waals surface area (Å²) in [5.74, 6) is 0.741. The highest BCUT2D eigenvalue weighted by Crippen LogP contribution is 2.54. The number of hydrogen-bond acceptors (Lipinski definition) is 18. The van der Waals surface area contributed by atoms with Gasteiger partial charge in [0.15, 0.2) is 40.6 Å². The van der Waals surface area contributed by atoms with Crippen LogP contribution in [0.5, 0.6) is 51.7 Å². The molecule has 3 aliphatic rings. The zero-order valence-corrected chi connectivity index (χ0v) is 32.3. The van der Waals surface area contributed by atoms with Crippen LogP contribution in [-0.2, 0) is 14.2 Å². The van der Waals surface area contributed by atoms with Crippen molar-refractivity contribution in [2.45, 2.75) is 55.1 Å². The van der Waals surface area contributed by atoms with Crippen molar-refractivity contribution in [3.8, 4) is 51.7 Å². The smallest absolute Gasteiger partial charge is 0.229 e. The van der Waals surface area contributed by atoms with Gasteiger partial charge in [-0.25, -0.2) is 0 Å². The van der Waals surface area contributed by atoms with E-state index in [1.807, 2.05) is 0 Å². The Morgan fingerprint density at radius 1 is 0.632 bits per heavy atom. The van der Waals surface area contributed by atoms with E-state index in [-0.39, 0.29) is 69.1 Å². The van der Waals surface area contributed by atoms with Crippen molar-refractivity contribution in [3.63, 3.8) is 0 Å². The molecule has 0 unspecified atom stereocenters. The lowest BCUT2D eigenvalue weighted by molar-refractivity contribution is -0.277. The van der Waals surface area contributed by atoms with Crippen LogP contribution >= 0.6 is 0 Å². The molecule has 0 amide bonds. The zero-order valence-electron chi connectivity index (χ0n) is 32.3. The van der Waals surface area contributed by atoms with Crippen LogP contribution in [0.15, 0.2) is 36.4 Å². The molecule has 3 aromatic carbocycles. The Bertz CT molecular complexity index is 1760. The molecule has 18 heteroatoms. The van der Waals surface area contributed by atoms with E-state index in [1.165, 1.54) is 54.8 Å². The summed E-state index contributed by atoms with van der Waals surface area (Å²) in [5, 5.41) is 72.6. The zero-order chi connectivity index (χ0) is 41.1. The van der Waals surface area contributed by atoms with E-state index in [0.717, 1.165) is 0 Å². The van der Waals surface area contributed by atoms with E-state index >= 15 is 0 Å². The highest BCUT2D eigenvalue weighted by Gasteiger charge is 2.49. The molecule has 3 heterocycles. The number of hydrogen-bond donors (Lipinski definition) is 7. The van der Waals surface area contributed by atoms with Gasteiger partial charge >= 0.3 is 0 Å². The van der Waals surface area contributed by atoms with E-state index < -0.39 is 68.3 Å². The SMILES string of the molecule is COc1cc([C@@H](O)[C@H](CO)Oc2c(OC)cc([C@@H]3OC[C@@H]4[C@H]3CO[C@H]4c3cc(OC)c(O[C@@H]4O[C@H](CO)[C@@H](O)[C@H](O)[C@H]4O)c(OC)c3)cc2OC)cc(OC)c1O. The van der Waals surface area contributed by atoms with Crippen molar-refractivity contribution in [2.75, 3.05) is 69.1 Å². The van der Waals surface area contributed by atoms with Crippen molar-refractivity contribution < 1.29 is 87.9 Å². The van der Waals surface area contributed by atoms with E-state index in [4.69, 9.17) is 52.1 Å². The molecule has 0 aliphatic carbocycles. The molecule has 3 aliphatic heterocycles. The summed E-state index contributed by atoms with van der Waals surface area (Å²) in [4.78, 5) is 0. The quantitative estimate of drug-likeness (QED) is 0.107. The van der Waals surface area contributed by atoms with Gasteiger partial charge in [-0.05, 0) is 53.1 Å². The number of aliphatic hydroxyl groups excluding tert-OH is 6. The van der Waals surface area contributed by atoms with Crippen LogP contribution in [0.4, 0.5) is 0 Å². The number of aliphatic hydroxyl groups is 6. The van der Waals surface area contributed by atoms with E-state index in [1.54, 1.807) is 24.3 Å². The molecule has 314 valence electrons. The van der Waals surface area contributed by atoms with E-state index in [9.17, 15) is 35.7 Å². The molecule has 3 aromatic rings. The maximum atomic E-state index is 11.3. The van der Waals surface area contributed by atoms with Crippen molar-refractivity contribution in [2.24, 2.45) is 11.8 Å². The number of ether oxygens (including phenoxy) is 11. The number of benzene rings is 3. The summed E-state index contributed by atoms with van der Waals surface area (Å²) < 4.78 is 63.6. The van der Waals surface area contributed by atoms with Gasteiger partial charge in [0.2, 0.25) is 23.5 Å². The Hall–Kier alpha value is -4.50. The average Bonchev–Trinajstić information content (AvgIpc) is 3.85. The van der Waals surface area contributed by atoms with Crippen LogP contribution in [-0.4, -0.2) is 142 Å². The first kappa shape index (κ1) is 42.1. The fourth-order valence-corrected chi connectivity index (χ4v) is 7.53. The van der Waals surface area contributed by atoms with Crippen LogP contribution in [0.25, 0.3) is 0 Å². The lowest BCUT2D eigenvalue weighted by Crippen LogP contribution is -2.60. The molecule has 0 spiro atoms. The van der Waals surface area contributed by atoms with Crippen LogP contribution in [0, 0.1) is 11.8 Å². The Morgan fingerprint density at radius 3 is 1.51 bits per heavy atom. The summed E-state index contributed by atoms with van der Waals surface area (Å²) in [5.41, 5.74) is 1.65. The third kappa shape index (κ3) is 8.01. The fourth-order valence-electron chi connectivity index (χ4n) is 7.53. The first-order valence-corrected chi connectivity index (χ1v) is 18.1. The number of phenols is 1. The van der Waals surface area contributed by atoms with Gasteiger partial charge in [0, 0.05) is 11.8 Å². The normalized spacial score (nSPS) is 27.9. The van der Waals surface area contributed by atoms with Gasteiger partial charge in [0.05, 0.1) is 81.3 Å². The van der Waals surface area contributed by atoms with Crippen molar-refractivity contribution in [1.82, 2.24) is 0 Å². The Labute approximate surface area is 328 Å². The standard InChI is InChI=1S/C39H50O18/c1-47-22-7-17(8-23(48-2)31(22)43)30(42)28(13-40)55-37-24(49-3)9-18(10-25(37)50-4)35-20-15-54-36(21(20)16-53-35)19-11-26(51-5)38(27(12-19)52-6)57-39-34(46)33(45)32(44)29(14-41)56-39/h7-12,20-21,28-30,32-36,39-46H,13-16H2,1-6H3/t20-,21-,28+,29-,30-,32-,33+,34-,35+,36+,39+/m1/s1. The van der Waals surface area contributed by atoms with Crippen LogP contribution in [0.3, 0.4) is 0 Å². The molecule has 0 bridgehead atoms. The minimum atomic E-state index is -1.65. The van der Waals surface area contributed by atoms with Crippen molar-refractivity contribution >= 4 is 0 Å². The Morgan fingerprint density at radius 2 is 1.09 bits per heavy atom. The predicted octanol–water partition coefficient (Wildman–Crippen LogP) is 1.17. The van der Waals surface area contributed by atoms with Gasteiger partial charge in [0.25, 0.3) is 0 Å². The fraction of sp³-hybridized carbons (Fsp3) is 0.538. The van der Waals surface area contributed by atoms with Gasteiger partial charge in [-0.2, -0.15) is 0 Å². The first-order chi connectivity index (χ1) is 27.5. The van der Waals surface area contributed by atoms with Crippen LogP contribution in [0.2, 0.25) is 0 Å². The van der Waals surface area contributed by atoms with Crippen molar-refractivity contribution in [1.29, 1.82) is 0 Å². The highest BCUT2D eigenvalue weighted by atomic mass is 16.7. The Balaban J connectivity index is 1.22. The second-order valence-corrected chi connectivity index (χ2v) is 13.7. The minimum Gasteiger partial charge on any atom is -0.502 e. The lowest BCUT2D eigenvalue weighted by Gasteiger charge is -2.39. The molecule has 7 N–H and O–H groups in total.